The molecule has 0 amide bonds. The quantitative estimate of drug-likeness (QED) is 0.796. The van der Waals surface area contributed by atoms with Crippen LogP contribution in [0.3, 0.4) is 0 Å². The fourth-order valence-electron chi connectivity index (χ4n) is 1.94. The molecule has 0 aromatic heterocycles. The lowest BCUT2D eigenvalue weighted by Gasteiger charge is -2.26. The zero-order valence-corrected chi connectivity index (χ0v) is 9.44. The van der Waals surface area contributed by atoms with Gasteiger partial charge in [0.25, 0.3) is 0 Å². The second-order valence-corrected chi connectivity index (χ2v) is 4.62. The number of carboxylic acid groups (broad SMARTS) is 1. The number of hydrogen-bond donors (Lipinski definition) is 2. The van der Waals surface area contributed by atoms with E-state index in [2.05, 4.69) is 5.32 Å². The van der Waals surface area contributed by atoms with Crippen LogP contribution in [0.2, 0.25) is 0 Å². The number of carbonyl (C=O) groups is 1. The fourth-order valence-corrected chi connectivity index (χ4v) is 1.94. The Hall–Kier alpha value is -1.35. The van der Waals surface area contributed by atoms with Gasteiger partial charge in [-0.25, -0.2) is 0 Å². The molecular weight excluding hydrogens is 202 g/mol. The van der Waals surface area contributed by atoms with Crippen molar-refractivity contribution in [3.8, 4) is 0 Å². The van der Waals surface area contributed by atoms with Crippen molar-refractivity contribution < 1.29 is 9.90 Å². The molecule has 2 N–H and O–H groups in total. The molecule has 3 heteroatoms. The van der Waals surface area contributed by atoms with Crippen molar-refractivity contribution in [3.63, 3.8) is 0 Å². The minimum Gasteiger partial charge on any atom is -0.480 e. The lowest BCUT2D eigenvalue weighted by molar-refractivity contribution is -0.145. The van der Waals surface area contributed by atoms with Gasteiger partial charge in [-0.3, -0.25) is 10.1 Å². The molecule has 1 fully saturated rings. The highest BCUT2D eigenvalue weighted by molar-refractivity contribution is 5.79. The molecule has 1 unspecified atom stereocenters. The van der Waals surface area contributed by atoms with E-state index >= 15 is 0 Å². The average Bonchev–Trinajstić information content (AvgIpc) is 3.11. The molecule has 0 heterocycles. The van der Waals surface area contributed by atoms with E-state index in [1.54, 1.807) is 6.92 Å². The summed E-state index contributed by atoms with van der Waals surface area (Å²) >= 11 is 0. The number of hydrogen-bond acceptors (Lipinski definition) is 2. The summed E-state index contributed by atoms with van der Waals surface area (Å²) in [6.45, 7) is 2.40. The topological polar surface area (TPSA) is 49.3 Å². The van der Waals surface area contributed by atoms with E-state index < -0.39 is 11.5 Å². The zero-order chi connectivity index (χ0) is 11.6. The van der Waals surface area contributed by atoms with Crippen LogP contribution in [-0.2, 0) is 11.3 Å². The van der Waals surface area contributed by atoms with Gasteiger partial charge >= 0.3 is 5.97 Å². The van der Waals surface area contributed by atoms with Crippen molar-refractivity contribution in [1.82, 2.24) is 5.32 Å². The van der Waals surface area contributed by atoms with E-state index in [0.29, 0.717) is 6.54 Å². The highest BCUT2D eigenvalue weighted by Crippen LogP contribution is 2.39. The van der Waals surface area contributed by atoms with Crippen LogP contribution < -0.4 is 5.32 Å². The first-order chi connectivity index (χ1) is 7.63. The molecule has 86 valence electrons. The number of nitrogens with one attached hydrogen (secondary N) is 1. The van der Waals surface area contributed by atoms with Gasteiger partial charge < -0.3 is 5.11 Å². The van der Waals surface area contributed by atoms with Crippen molar-refractivity contribution in [2.45, 2.75) is 31.8 Å². The Morgan fingerprint density at radius 3 is 2.56 bits per heavy atom. The summed E-state index contributed by atoms with van der Waals surface area (Å²) in [5, 5.41) is 12.4. The Morgan fingerprint density at radius 2 is 2.06 bits per heavy atom. The van der Waals surface area contributed by atoms with E-state index in [1.165, 1.54) is 0 Å². The summed E-state index contributed by atoms with van der Waals surface area (Å²) in [4.78, 5) is 11.3. The monoisotopic (exact) mass is 219 g/mol. The summed E-state index contributed by atoms with van der Waals surface area (Å²) < 4.78 is 0. The second-order valence-electron chi connectivity index (χ2n) is 4.62. The number of aliphatic carboxylic acids is 1. The standard InChI is InChI=1S/C13H17NO2/c1-13(12(15)16,11-7-8-11)14-9-10-5-3-2-4-6-10/h2-6,11,14H,7-9H2,1H3,(H,15,16). The van der Waals surface area contributed by atoms with Crippen LogP contribution >= 0.6 is 0 Å². The van der Waals surface area contributed by atoms with E-state index in [9.17, 15) is 9.90 Å². The van der Waals surface area contributed by atoms with Gasteiger partial charge in [-0.15, -0.1) is 0 Å². The van der Waals surface area contributed by atoms with Crippen molar-refractivity contribution in [2.24, 2.45) is 5.92 Å². The van der Waals surface area contributed by atoms with Gasteiger partial charge in [0.1, 0.15) is 5.54 Å². The highest BCUT2D eigenvalue weighted by atomic mass is 16.4. The molecule has 0 bridgehead atoms. The molecular formula is C13H17NO2. The molecule has 0 aliphatic heterocycles. The van der Waals surface area contributed by atoms with Crippen LogP contribution in [0.1, 0.15) is 25.3 Å². The summed E-state index contributed by atoms with van der Waals surface area (Å²) in [5.41, 5.74) is 0.353. The van der Waals surface area contributed by atoms with Crippen molar-refractivity contribution >= 4 is 5.97 Å². The van der Waals surface area contributed by atoms with Gasteiger partial charge in [-0.2, -0.15) is 0 Å². The van der Waals surface area contributed by atoms with Gasteiger partial charge in [-0.1, -0.05) is 30.3 Å². The van der Waals surface area contributed by atoms with Crippen LogP contribution in [0.15, 0.2) is 30.3 Å². The van der Waals surface area contributed by atoms with Crippen LogP contribution in [0.5, 0.6) is 0 Å². The third-order valence-electron chi connectivity index (χ3n) is 3.34. The van der Waals surface area contributed by atoms with Gasteiger partial charge in [0.15, 0.2) is 0 Å². The number of carboxylic acids is 1. The molecule has 2 rings (SSSR count). The van der Waals surface area contributed by atoms with Crippen LogP contribution in [-0.4, -0.2) is 16.6 Å². The Bertz CT molecular complexity index is 373. The summed E-state index contributed by atoms with van der Waals surface area (Å²) in [5.74, 6) is -0.459. The Balaban J connectivity index is 2.00. The Morgan fingerprint density at radius 1 is 1.44 bits per heavy atom. The predicted octanol–water partition coefficient (Wildman–Crippen LogP) is 2.03. The maximum atomic E-state index is 11.3. The Kier molecular flexibility index (Phi) is 2.97. The number of benzene rings is 1. The largest absolute Gasteiger partial charge is 0.480 e. The summed E-state index contributed by atoms with van der Waals surface area (Å²) in [6, 6.07) is 9.89. The lowest BCUT2D eigenvalue weighted by Crippen LogP contribution is -2.51. The first kappa shape index (κ1) is 11.1. The third-order valence-corrected chi connectivity index (χ3v) is 3.34. The molecule has 16 heavy (non-hydrogen) atoms. The van der Waals surface area contributed by atoms with Gasteiger partial charge in [0, 0.05) is 6.54 Å². The van der Waals surface area contributed by atoms with E-state index in [0.717, 1.165) is 18.4 Å². The molecule has 1 saturated carbocycles. The predicted molar refractivity (Wildman–Crippen MR) is 62.0 cm³/mol. The van der Waals surface area contributed by atoms with Crippen molar-refractivity contribution in [1.29, 1.82) is 0 Å². The van der Waals surface area contributed by atoms with Crippen LogP contribution in [0, 0.1) is 5.92 Å². The smallest absolute Gasteiger partial charge is 0.323 e. The highest BCUT2D eigenvalue weighted by Gasteiger charge is 2.46. The van der Waals surface area contributed by atoms with Gasteiger partial charge in [-0.05, 0) is 31.2 Å². The Labute approximate surface area is 95.5 Å². The SMILES string of the molecule is CC(NCc1ccccc1)(C(=O)O)C1CC1. The van der Waals surface area contributed by atoms with Crippen LogP contribution in [0.4, 0.5) is 0 Å². The maximum absolute atomic E-state index is 11.3. The molecule has 1 aromatic carbocycles. The van der Waals surface area contributed by atoms with Gasteiger partial charge in [0.05, 0.1) is 0 Å². The normalized spacial score (nSPS) is 19.1. The van der Waals surface area contributed by atoms with Gasteiger partial charge in [0.2, 0.25) is 0 Å². The van der Waals surface area contributed by atoms with E-state index in [4.69, 9.17) is 0 Å². The average molecular weight is 219 g/mol. The molecule has 0 radical (unpaired) electrons. The first-order valence-corrected chi connectivity index (χ1v) is 5.65. The minimum absolute atomic E-state index is 0.286. The van der Waals surface area contributed by atoms with Crippen molar-refractivity contribution in [3.05, 3.63) is 35.9 Å². The molecule has 3 nitrogen and oxygen atoms in total. The summed E-state index contributed by atoms with van der Waals surface area (Å²) in [7, 11) is 0. The second kappa shape index (κ2) is 4.26. The van der Waals surface area contributed by atoms with E-state index in [1.807, 2.05) is 30.3 Å². The lowest BCUT2D eigenvalue weighted by atomic mass is 9.95. The molecule has 1 aliphatic rings. The third kappa shape index (κ3) is 2.25. The molecule has 1 aliphatic carbocycles. The summed E-state index contributed by atoms with van der Waals surface area (Å²) in [6.07, 6.45) is 2.04. The molecule has 0 spiro atoms. The molecule has 1 aromatic rings. The number of rotatable bonds is 5. The van der Waals surface area contributed by atoms with Crippen LogP contribution in [0.25, 0.3) is 0 Å². The van der Waals surface area contributed by atoms with Crippen molar-refractivity contribution in [2.75, 3.05) is 0 Å². The molecule has 0 saturated heterocycles. The minimum atomic E-state index is -0.768. The fraction of sp³-hybridized carbons (Fsp3) is 0.462. The zero-order valence-electron chi connectivity index (χ0n) is 9.44. The first-order valence-electron chi connectivity index (χ1n) is 5.65. The maximum Gasteiger partial charge on any atom is 0.323 e. The van der Waals surface area contributed by atoms with E-state index in [-0.39, 0.29) is 5.92 Å². The molecule has 1 atom stereocenters.